The number of nitrogens with two attached hydrogens (primary N) is 4. The predicted molar refractivity (Wildman–Crippen MR) is 333 cm³/mol. The summed E-state index contributed by atoms with van der Waals surface area (Å²) in [6.07, 6.45) is 3.08. The second-order valence-corrected chi connectivity index (χ2v) is 26.5. The van der Waals surface area contributed by atoms with Crippen LogP contribution in [0.3, 0.4) is 0 Å². The van der Waals surface area contributed by atoms with Gasteiger partial charge in [0.2, 0.25) is 53.2 Å². The van der Waals surface area contributed by atoms with Crippen LogP contribution in [-0.4, -0.2) is 208 Å². The average molecular weight is 1300 g/mol. The lowest BCUT2D eigenvalue weighted by atomic mass is 9.84. The van der Waals surface area contributed by atoms with E-state index in [1.54, 1.807) is 47.8 Å². The number of amides is 8. The van der Waals surface area contributed by atoms with Crippen molar-refractivity contribution >= 4 is 86.5 Å². The summed E-state index contributed by atoms with van der Waals surface area (Å²) in [5.41, 5.74) is 25.4. The SMILES string of the molecule is Cc1ccc(S(=O)(=O)NC(N)=NCCC[C@H](N)C(=O)N2CCC[C@H]2C(=O)N2C[C@H](O)C[C@H]2C(=O)NCC(=O)N[C@@H](Cc2cccs2)C(=O)N[C@@H](CO)C(=O)N2Cc3ccccc3C[C@@H]2C(=O)N2[C@H](C(=O)N[C@@H](CCCN=C(N)N)C(=O)O)C[C@@H]3CCCC[C@@H]32)cc1. The van der Waals surface area contributed by atoms with Crippen molar-refractivity contribution in [2.45, 2.75) is 169 Å². The molecule has 31 heteroatoms. The van der Waals surface area contributed by atoms with Crippen LogP contribution in [0.25, 0.3) is 0 Å². The Balaban J connectivity index is 0.892. The zero-order chi connectivity index (χ0) is 65.7. The summed E-state index contributed by atoms with van der Waals surface area (Å²) in [6.45, 7) is 0.168. The zero-order valence-corrected chi connectivity index (χ0v) is 52.3. The fourth-order valence-corrected chi connectivity index (χ4v) is 14.5. The predicted octanol–water partition coefficient (Wildman–Crippen LogP) is -2.23. The zero-order valence-electron chi connectivity index (χ0n) is 50.7. The van der Waals surface area contributed by atoms with Gasteiger partial charge in [-0.2, -0.15) is 0 Å². The van der Waals surface area contributed by atoms with Gasteiger partial charge in [-0.05, 0) is 105 Å². The molecule has 3 aromatic rings. The minimum atomic E-state index is -3.98. The number of carbonyl (C=O) groups is 9. The van der Waals surface area contributed by atoms with E-state index < -0.39 is 137 Å². The second kappa shape index (κ2) is 31.2. The fraction of sp³-hybridized carbons (Fsp3) is 0.550. The highest BCUT2D eigenvalue weighted by atomic mass is 32.2. The van der Waals surface area contributed by atoms with Crippen LogP contribution in [0, 0.1) is 12.8 Å². The van der Waals surface area contributed by atoms with E-state index in [1.807, 2.05) is 13.0 Å². The number of thiophene rings is 1. The normalized spacial score (nSPS) is 22.7. The van der Waals surface area contributed by atoms with Gasteiger partial charge in [0.15, 0.2) is 5.96 Å². The monoisotopic (exact) mass is 1300 g/mol. The molecule has 91 heavy (non-hydrogen) atoms. The number of carbonyl (C=O) groups excluding carboxylic acids is 8. The first-order valence-electron chi connectivity index (χ1n) is 30.7. The van der Waals surface area contributed by atoms with E-state index in [1.165, 1.54) is 43.1 Å². The lowest BCUT2D eigenvalue weighted by molar-refractivity contribution is -0.153. The smallest absolute Gasteiger partial charge is 0.326 e. The van der Waals surface area contributed by atoms with Crippen molar-refractivity contribution in [3.05, 3.63) is 87.6 Å². The molecule has 5 heterocycles. The molecule has 11 atom stereocenters. The van der Waals surface area contributed by atoms with Crippen LogP contribution in [0.15, 0.2) is 80.9 Å². The molecule has 494 valence electrons. The number of hydrogen-bond acceptors (Lipinski definition) is 17. The number of likely N-dealkylation sites (tertiary alicyclic amines) is 3. The lowest BCUT2D eigenvalue weighted by Crippen LogP contribution is -2.63. The van der Waals surface area contributed by atoms with E-state index >= 15 is 4.79 Å². The van der Waals surface area contributed by atoms with Gasteiger partial charge in [-0.3, -0.25) is 48.3 Å². The Morgan fingerprint density at radius 2 is 1.44 bits per heavy atom. The van der Waals surface area contributed by atoms with Crippen LogP contribution in [0.2, 0.25) is 0 Å². The molecule has 5 aliphatic rings. The topological polar surface area (TPSA) is 450 Å². The number of nitrogens with zero attached hydrogens (tertiary/aromatic N) is 6. The molecule has 8 rings (SSSR count). The summed E-state index contributed by atoms with van der Waals surface area (Å²) in [7, 11) is -3.98. The van der Waals surface area contributed by atoms with Crippen LogP contribution in [0.1, 0.15) is 98.6 Å². The van der Waals surface area contributed by atoms with E-state index in [-0.39, 0.29) is 113 Å². The first-order chi connectivity index (χ1) is 43.4. The van der Waals surface area contributed by atoms with Crippen LogP contribution in [-0.2, 0) is 72.6 Å². The molecule has 2 aromatic carbocycles. The number of benzene rings is 2. The molecule has 0 bridgehead atoms. The molecule has 8 amide bonds. The van der Waals surface area contributed by atoms with Crippen molar-refractivity contribution in [1.29, 1.82) is 0 Å². The summed E-state index contributed by atoms with van der Waals surface area (Å²) in [6, 6.07) is 6.37. The Morgan fingerprint density at radius 3 is 2.14 bits per heavy atom. The molecular formula is C60H83N15O14S2. The van der Waals surface area contributed by atoms with Gasteiger partial charge in [0.25, 0.3) is 10.0 Å². The Hall–Kier alpha value is -8.26. The maximum absolute atomic E-state index is 15.3. The highest BCUT2D eigenvalue weighted by molar-refractivity contribution is 7.90. The molecule has 0 unspecified atom stereocenters. The van der Waals surface area contributed by atoms with Gasteiger partial charge in [-0.25, -0.2) is 17.9 Å². The molecule has 0 radical (unpaired) electrons. The second-order valence-electron chi connectivity index (χ2n) is 23.8. The van der Waals surface area contributed by atoms with Gasteiger partial charge < -0.3 is 79.1 Å². The van der Waals surface area contributed by atoms with E-state index in [9.17, 15) is 62.1 Å². The summed E-state index contributed by atoms with van der Waals surface area (Å²) in [5.74, 6) is -7.60. The summed E-state index contributed by atoms with van der Waals surface area (Å²) in [5, 5.41) is 43.9. The first-order valence-corrected chi connectivity index (χ1v) is 33.0. The molecular weight excluding hydrogens is 1220 g/mol. The Morgan fingerprint density at radius 1 is 0.725 bits per heavy atom. The van der Waals surface area contributed by atoms with Gasteiger partial charge in [-0.1, -0.05) is 60.9 Å². The Bertz CT molecular complexity index is 3310. The standard InChI is InChI=1S/C60H83N15O14S2/c1-34-18-20-40(21-19-34)91(88,89)71-60(64)66-23-6-14-41(61)54(82)72-24-8-17-46(72)56(84)74-32-38(77)28-47(74)52(80)67-30-50(78)68-43(29-39-13-9-25-90-39)51(79)70-44(33-76)55(83)73-31-37-12-3-2-10-35(37)26-49(73)57(85)75-45-16-5-4-11-36(45)27-48(75)53(81)69-42(58(86)87)15-7-22-65-59(62)63/h2-3,9-10,12-13,18-21,25,36,38,41-49,76-77H,4-8,11,14-17,22-24,26-33,61H2,1H3,(H,67,80)(H,68,78)(H,69,81)(H,70,79)(H,86,87)(H4,62,63,65)(H3,64,66,71)/t36-,38+,41-,42-,43-,44-,45-,46-,47-,48-,49+/m0/s1. The van der Waals surface area contributed by atoms with Gasteiger partial charge in [-0.15, -0.1) is 11.3 Å². The molecule has 4 fully saturated rings. The third-order valence-electron chi connectivity index (χ3n) is 17.4. The molecule has 29 nitrogen and oxygen atoms in total. The molecule has 1 aromatic heterocycles. The maximum Gasteiger partial charge on any atom is 0.326 e. The van der Waals surface area contributed by atoms with Crippen molar-refractivity contribution in [2.75, 3.05) is 39.3 Å². The van der Waals surface area contributed by atoms with E-state index in [0.29, 0.717) is 23.3 Å². The molecule has 16 N–H and O–H groups in total. The molecule has 0 spiro atoms. The minimum Gasteiger partial charge on any atom is -0.480 e. The van der Waals surface area contributed by atoms with Crippen molar-refractivity contribution < 1.29 is 66.9 Å². The number of hydrogen-bond donors (Lipinski definition) is 12. The van der Waals surface area contributed by atoms with Crippen molar-refractivity contribution in [2.24, 2.45) is 38.8 Å². The van der Waals surface area contributed by atoms with Crippen molar-refractivity contribution in [3.63, 3.8) is 0 Å². The highest BCUT2D eigenvalue weighted by Gasteiger charge is 2.52. The third kappa shape index (κ3) is 17.4. The number of aliphatic hydroxyl groups is 2. The van der Waals surface area contributed by atoms with Gasteiger partial charge >= 0.3 is 5.97 Å². The maximum atomic E-state index is 15.3. The number of aliphatic imine (C=N–C) groups is 2. The minimum absolute atomic E-state index is 0.000617. The Labute approximate surface area is 531 Å². The summed E-state index contributed by atoms with van der Waals surface area (Å²) in [4.78, 5) is 141. The third-order valence-corrected chi connectivity index (χ3v) is 19.7. The molecule has 3 saturated heterocycles. The molecule has 1 aliphatic carbocycles. The number of nitrogens with one attached hydrogen (secondary N) is 5. The summed E-state index contributed by atoms with van der Waals surface area (Å²) >= 11 is 1.28. The Kier molecular flexibility index (Phi) is 23.5. The number of sulfonamides is 1. The number of carboxylic acid groups (broad SMARTS) is 1. The van der Waals surface area contributed by atoms with Crippen LogP contribution < -0.4 is 48.9 Å². The number of rotatable bonds is 26. The summed E-state index contributed by atoms with van der Waals surface area (Å²) < 4.78 is 27.6. The number of fused-ring (bicyclic) bond motifs is 2. The van der Waals surface area contributed by atoms with Crippen molar-refractivity contribution in [1.82, 2.24) is 45.6 Å². The van der Waals surface area contributed by atoms with Gasteiger partial charge in [0, 0.05) is 62.9 Å². The van der Waals surface area contributed by atoms with Gasteiger partial charge in [0.05, 0.1) is 30.2 Å². The van der Waals surface area contributed by atoms with Gasteiger partial charge in [0.1, 0.15) is 42.3 Å². The molecule has 4 aliphatic heterocycles. The highest BCUT2D eigenvalue weighted by Crippen LogP contribution is 2.41. The number of aryl methyl sites for hydroxylation is 1. The van der Waals surface area contributed by atoms with Crippen LogP contribution in [0.4, 0.5) is 0 Å². The number of β-amino-alcohol motifs (C(OH)–C–C–N with tert-alkyl or cyclic N) is 1. The average Bonchev–Trinajstić information content (AvgIpc) is 1.74. The van der Waals surface area contributed by atoms with Crippen molar-refractivity contribution in [3.8, 4) is 0 Å². The van der Waals surface area contributed by atoms with E-state index in [2.05, 4.69) is 36.0 Å². The largest absolute Gasteiger partial charge is 0.480 e. The fourth-order valence-electron chi connectivity index (χ4n) is 12.8. The number of carboxylic acids is 1. The van der Waals surface area contributed by atoms with Crippen LogP contribution >= 0.6 is 11.3 Å². The first kappa shape index (κ1) is 68.6. The van der Waals surface area contributed by atoms with Crippen LogP contribution in [0.5, 0.6) is 0 Å². The lowest BCUT2D eigenvalue weighted by Gasteiger charge is -2.42. The number of aliphatic carboxylic acids is 1. The quantitative estimate of drug-likeness (QED) is 0.0230. The van der Waals surface area contributed by atoms with E-state index in [4.69, 9.17) is 22.9 Å². The number of guanidine groups is 2. The number of aliphatic hydroxyl groups excluding tert-OH is 2. The molecule has 1 saturated carbocycles. The van der Waals surface area contributed by atoms with E-state index in [0.717, 1.165) is 30.4 Å².